The highest BCUT2D eigenvalue weighted by atomic mass is 32.2. The SMILES string of the molecule is Cc1cc(S(=O)(=O)Nc2nnns2)ccc1C(N)=S. The Morgan fingerprint density at radius 2 is 2.21 bits per heavy atom. The van der Waals surface area contributed by atoms with Crippen LogP contribution in [0.1, 0.15) is 11.1 Å². The largest absolute Gasteiger partial charge is 0.389 e. The lowest BCUT2D eigenvalue weighted by molar-refractivity contribution is 0.601. The number of rotatable bonds is 4. The van der Waals surface area contributed by atoms with Crippen LogP contribution in [0.4, 0.5) is 5.13 Å². The third-order valence-electron chi connectivity index (χ3n) is 2.29. The highest BCUT2D eigenvalue weighted by molar-refractivity contribution is 7.93. The maximum atomic E-state index is 12.1. The van der Waals surface area contributed by atoms with E-state index in [0.717, 1.165) is 11.5 Å². The number of anilines is 1. The normalized spacial score (nSPS) is 11.2. The Kier molecular flexibility index (Phi) is 3.73. The number of hydrogen-bond acceptors (Lipinski definition) is 7. The molecule has 0 unspecified atom stereocenters. The van der Waals surface area contributed by atoms with Crippen LogP contribution in [0.2, 0.25) is 0 Å². The minimum Gasteiger partial charge on any atom is -0.389 e. The van der Waals surface area contributed by atoms with E-state index in [2.05, 4.69) is 19.5 Å². The van der Waals surface area contributed by atoms with Crippen LogP contribution in [0.25, 0.3) is 0 Å². The highest BCUT2D eigenvalue weighted by Crippen LogP contribution is 2.19. The molecular formula is C9H9N5O2S3. The Balaban J connectivity index is 2.36. The molecule has 0 radical (unpaired) electrons. The monoisotopic (exact) mass is 315 g/mol. The van der Waals surface area contributed by atoms with Crippen molar-refractivity contribution in [1.82, 2.24) is 14.8 Å². The zero-order valence-corrected chi connectivity index (χ0v) is 12.1. The number of benzene rings is 1. The van der Waals surface area contributed by atoms with Crippen molar-refractivity contribution in [2.45, 2.75) is 11.8 Å². The summed E-state index contributed by atoms with van der Waals surface area (Å²) in [5, 5.41) is 6.94. The van der Waals surface area contributed by atoms with Gasteiger partial charge in [0.15, 0.2) is 0 Å². The van der Waals surface area contributed by atoms with Gasteiger partial charge in [0.25, 0.3) is 10.0 Å². The van der Waals surface area contributed by atoms with Crippen molar-refractivity contribution in [3.63, 3.8) is 0 Å². The van der Waals surface area contributed by atoms with Gasteiger partial charge < -0.3 is 5.73 Å². The highest BCUT2D eigenvalue weighted by Gasteiger charge is 2.17. The van der Waals surface area contributed by atoms with Crippen molar-refractivity contribution in [2.75, 3.05) is 4.72 Å². The Bertz CT molecular complexity index is 711. The fourth-order valence-corrected chi connectivity index (χ4v) is 3.33. The predicted octanol–water partition coefficient (Wildman–Crippen LogP) is 0.677. The van der Waals surface area contributed by atoms with Crippen LogP contribution < -0.4 is 10.5 Å². The van der Waals surface area contributed by atoms with Crippen LogP contribution >= 0.6 is 23.8 Å². The van der Waals surface area contributed by atoms with Crippen molar-refractivity contribution in [2.24, 2.45) is 5.73 Å². The summed E-state index contributed by atoms with van der Waals surface area (Å²) in [6.07, 6.45) is 0. The summed E-state index contributed by atoms with van der Waals surface area (Å²) in [6.45, 7) is 1.74. The molecule has 100 valence electrons. The molecule has 0 amide bonds. The van der Waals surface area contributed by atoms with E-state index in [1.807, 2.05) is 0 Å². The fourth-order valence-electron chi connectivity index (χ4n) is 1.43. The van der Waals surface area contributed by atoms with Crippen molar-refractivity contribution < 1.29 is 8.42 Å². The van der Waals surface area contributed by atoms with Crippen LogP contribution in [-0.4, -0.2) is 28.2 Å². The minimum absolute atomic E-state index is 0.0974. The number of sulfonamides is 1. The van der Waals surface area contributed by atoms with E-state index >= 15 is 0 Å². The molecule has 0 atom stereocenters. The van der Waals surface area contributed by atoms with Gasteiger partial charge in [0.1, 0.15) is 4.99 Å². The predicted molar refractivity (Wildman–Crippen MR) is 75.6 cm³/mol. The molecule has 0 bridgehead atoms. The summed E-state index contributed by atoms with van der Waals surface area (Å²) >= 11 is 5.72. The number of nitrogens with zero attached hydrogens (tertiary/aromatic N) is 3. The molecule has 0 aliphatic heterocycles. The number of aryl methyl sites for hydroxylation is 1. The molecular weight excluding hydrogens is 306 g/mol. The molecule has 0 aliphatic rings. The van der Waals surface area contributed by atoms with Gasteiger partial charge in [-0.15, -0.1) is 0 Å². The molecule has 7 nitrogen and oxygen atoms in total. The molecule has 0 fully saturated rings. The van der Waals surface area contributed by atoms with Gasteiger partial charge in [0, 0.05) is 17.1 Å². The summed E-state index contributed by atoms with van der Waals surface area (Å²) in [4.78, 5) is 0.322. The van der Waals surface area contributed by atoms with Gasteiger partial charge in [-0.25, -0.2) is 8.42 Å². The third-order valence-corrected chi connectivity index (χ3v) is 4.49. The molecule has 2 aromatic rings. The smallest absolute Gasteiger partial charge is 0.263 e. The topological polar surface area (TPSA) is 111 Å². The van der Waals surface area contributed by atoms with E-state index in [0.29, 0.717) is 11.1 Å². The van der Waals surface area contributed by atoms with E-state index in [9.17, 15) is 8.42 Å². The first kappa shape index (κ1) is 13.8. The Labute approximate surface area is 119 Å². The maximum Gasteiger partial charge on any atom is 0.263 e. The van der Waals surface area contributed by atoms with Crippen molar-refractivity contribution in [1.29, 1.82) is 0 Å². The molecule has 0 saturated heterocycles. The van der Waals surface area contributed by atoms with Gasteiger partial charge in [0.2, 0.25) is 5.13 Å². The van der Waals surface area contributed by atoms with E-state index in [4.69, 9.17) is 18.0 Å². The van der Waals surface area contributed by atoms with Gasteiger partial charge >= 0.3 is 0 Å². The lowest BCUT2D eigenvalue weighted by Gasteiger charge is -2.08. The summed E-state index contributed by atoms with van der Waals surface area (Å²) in [5.74, 6) is 0. The second-order valence-corrected chi connectivity index (χ2v) is 6.47. The molecule has 19 heavy (non-hydrogen) atoms. The van der Waals surface area contributed by atoms with Gasteiger partial charge in [-0.3, -0.25) is 4.72 Å². The second kappa shape index (κ2) is 5.15. The van der Waals surface area contributed by atoms with Gasteiger partial charge in [-0.1, -0.05) is 27.9 Å². The minimum atomic E-state index is -3.71. The molecule has 0 aliphatic carbocycles. The third kappa shape index (κ3) is 3.03. The van der Waals surface area contributed by atoms with E-state index in [1.54, 1.807) is 13.0 Å². The Morgan fingerprint density at radius 1 is 1.47 bits per heavy atom. The first-order chi connectivity index (χ1) is 8.90. The van der Waals surface area contributed by atoms with Gasteiger partial charge in [-0.2, -0.15) is 0 Å². The van der Waals surface area contributed by atoms with Crippen LogP contribution in [0.3, 0.4) is 0 Å². The maximum absolute atomic E-state index is 12.1. The van der Waals surface area contributed by atoms with E-state index in [1.165, 1.54) is 12.1 Å². The molecule has 0 spiro atoms. The zero-order chi connectivity index (χ0) is 14.0. The van der Waals surface area contributed by atoms with Crippen molar-refractivity contribution >= 4 is 43.9 Å². The number of aromatic nitrogens is 3. The number of hydrogen-bond donors (Lipinski definition) is 2. The van der Waals surface area contributed by atoms with E-state index in [-0.39, 0.29) is 15.0 Å². The summed E-state index contributed by atoms with van der Waals surface area (Å²) < 4.78 is 29.9. The van der Waals surface area contributed by atoms with Gasteiger partial charge in [-0.05, 0) is 29.8 Å². The lowest BCUT2D eigenvalue weighted by atomic mass is 10.1. The van der Waals surface area contributed by atoms with E-state index < -0.39 is 10.0 Å². The molecule has 0 saturated carbocycles. The first-order valence-corrected chi connectivity index (χ1v) is 7.65. The standard InChI is InChI=1S/C9H9N5O2S3/c1-5-4-6(2-3-7(5)8(10)17)19(15,16)12-9-11-13-14-18-9/h2-4H,1H3,(H2,10,17)(H,11,12,14). The number of nitrogens with one attached hydrogen (secondary N) is 1. The van der Waals surface area contributed by atoms with Crippen molar-refractivity contribution in [3.05, 3.63) is 29.3 Å². The molecule has 1 aromatic carbocycles. The fraction of sp³-hybridized carbons (Fsp3) is 0.111. The second-order valence-electron chi connectivity index (χ2n) is 3.61. The first-order valence-electron chi connectivity index (χ1n) is 4.98. The average molecular weight is 315 g/mol. The zero-order valence-electron chi connectivity index (χ0n) is 9.69. The molecule has 10 heteroatoms. The van der Waals surface area contributed by atoms with Crippen LogP contribution in [0, 0.1) is 6.92 Å². The molecule has 3 N–H and O–H groups in total. The quantitative estimate of drug-likeness (QED) is 0.798. The summed E-state index contributed by atoms with van der Waals surface area (Å²) in [7, 11) is -3.71. The average Bonchev–Trinajstić information content (AvgIpc) is 2.80. The molecule has 2 rings (SSSR count). The summed E-state index contributed by atoms with van der Waals surface area (Å²) in [5.41, 5.74) is 6.86. The molecule has 1 heterocycles. The van der Waals surface area contributed by atoms with Crippen LogP contribution in [0.15, 0.2) is 23.1 Å². The lowest BCUT2D eigenvalue weighted by Crippen LogP contribution is -2.15. The van der Waals surface area contributed by atoms with Crippen molar-refractivity contribution in [3.8, 4) is 0 Å². The van der Waals surface area contributed by atoms with Crippen LogP contribution in [0.5, 0.6) is 0 Å². The summed E-state index contributed by atoms with van der Waals surface area (Å²) in [6, 6.07) is 4.49. The number of thiocarbonyl (C=S) groups is 1. The Morgan fingerprint density at radius 3 is 2.74 bits per heavy atom. The van der Waals surface area contributed by atoms with Gasteiger partial charge in [0.05, 0.1) is 4.90 Å². The van der Waals surface area contributed by atoms with Crippen LogP contribution in [-0.2, 0) is 10.0 Å². The molecule has 1 aromatic heterocycles. The number of nitrogens with two attached hydrogens (primary N) is 1. The Hall–Kier alpha value is -1.65.